The van der Waals surface area contributed by atoms with Crippen molar-refractivity contribution in [2.24, 2.45) is 0 Å². The number of rotatable bonds is 5. The van der Waals surface area contributed by atoms with E-state index in [1.807, 2.05) is 6.07 Å². The highest BCUT2D eigenvalue weighted by atomic mass is 35.5. The maximum Gasteiger partial charge on any atom is 0.206 e. The van der Waals surface area contributed by atoms with Gasteiger partial charge in [0, 0.05) is 10.4 Å². The number of halogens is 1. The standard InChI is InChI=1S/C20H15ClO4S2/c21-17-9-11-18(12-10-17)27(24,25)20-8-4-7-19(15-20)26(22,23)14-13-16-5-2-1-3-6-16/h1-15H/b14-13+. The fourth-order valence-electron chi connectivity index (χ4n) is 2.38. The third-order valence-corrected chi connectivity index (χ3v) is 7.23. The highest BCUT2D eigenvalue weighted by Crippen LogP contribution is 2.25. The van der Waals surface area contributed by atoms with E-state index in [0.29, 0.717) is 5.02 Å². The second kappa shape index (κ2) is 7.68. The first-order valence-electron chi connectivity index (χ1n) is 7.88. The fraction of sp³-hybridized carbons (Fsp3) is 0. The van der Waals surface area contributed by atoms with Crippen molar-refractivity contribution in [3.05, 3.63) is 94.9 Å². The quantitative estimate of drug-likeness (QED) is 0.606. The van der Waals surface area contributed by atoms with Crippen LogP contribution in [0, 0.1) is 0 Å². The van der Waals surface area contributed by atoms with Crippen LogP contribution >= 0.6 is 11.6 Å². The molecular formula is C20H15ClO4S2. The molecule has 138 valence electrons. The Hall–Kier alpha value is -2.41. The molecule has 0 fully saturated rings. The molecule has 0 spiro atoms. The summed E-state index contributed by atoms with van der Waals surface area (Å²) in [6, 6.07) is 20.0. The third kappa shape index (κ3) is 4.47. The van der Waals surface area contributed by atoms with Crippen LogP contribution in [0.25, 0.3) is 6.08 Å². The minimum atomic E-state index is -3.85. The third-order valence-electron chi connectivity index (χ3n) is 3.81. The second-order valence-corrected chi connectivity index (χ2v) is 9.91. The molecule has 7 heteroatoms. The molecule has 0 aliphatic carbocycles. The van der Waals surface area contributed by atoms with Crippen LogP contribution in [0.1, 0.15) is 5.56 Å². The minimum Gasteiger partial charge on any atom is -0.219 e. The molecule has 3 rings (SSSR count). The van der Waals surface area contributed by atoms with E-state index in [9.17, 15) is 16.8 Å². The molecule has 0 aliphatic rings. The molecule has 4 nitrogen and oxygen atoms in total. The molecule has 0 amide bonds. The molecule has 0 atom stereocenters. The Morgan fingerprint density at radius 3 is 1.96 bits per heavy atom. The van der Waals surface area contributed by atoms with Gasteiger partial charge in [-0.3, -0.25) is 0 Å². The van der Waals surface area contributed by atoms with Gasteiger partial charge in [-0.1, -0.05) is 48.0 Å². The molecule has 0 N–H and O–H groups in total. The van der Waals surface area contributed by atoms with Gasteiger partial charge in [-0.25, -0.2) is 16.8 Å². The lowest BCUT2D eigenvalue weighted by Gasteiger charge is -2.07. The fourth-order valence-corrected chi connectivity index (χ4v) is 4.94. The maximum atomic E-state index is 12.7. The average Bonchev–Trinajstić information content (AvgIpc) is 2.68. The van der Waals surface area contributed by atoms with Gasteiger partial charge in [-0.2, -0.15) is 0 Å². The molecule has 0 saturated heterocycles. The van der Waals surface area contributed by atoms with Crippen LogP contribution in [0.15, 0.2) is 99.0 Å². The molecule has 3 aromatic rings. The zero-order valence-corrected chi connectivity index (χ0v) is 16.4. The molecule has 0 bridgehead atoms. The van der Waals surface area contributed by atoms with Gasteiger partial charge in [0.2, 0.25) is 9.84 Å². The summed E-state index contributed by atoms with van der Waals surface area (Å²) in [5, 5.41) is 1.48. The maximum absolute atomic E-state index is 12.7. The summed E-state index contributed by atoms with van der Waals surface area (Å²) in [6.07, 6.45) is 1.47. The predicted molar refractivity (Wildman–Crippen MR) is 106 cm³/mol. The Balaban J connectivity index is 1.97. The second-order valence-electron chi connectivity index (χ2n) is 5.69. The minimum absolute atomic E-state index is 0.0428. The molecule has 0 unspecified atom stereocenters. The summed E-state index contributed by atoms with van der Waals surface area (Å²) in [6.45, 7) is 0. The van der Waals surface area contributed by atoms with E-state index in [4.69, 9.17) is 11.6 Å². The van der Waals surface area contributed by atoms with Crippen LogP contribution in [0.4, 0.5) is 0 Å². The number of benzene rings is 3. The monoisotopic (exact) mass is 418 g/mol. The zero-order valence-electron chi connectivity index (χ0n) is 14.0. The number of hydrogen-bond acceptors (Lipinski definition) is 4. The molecule has 0 heterocycles. The highest BCUT2D eigenvalue weighted by Gasteiger charge is 2.20. The first kappa shape index (κ1) is 19.4. The van der Waals surface area contributed by atoms with Crippen molar-refractivity contribution in [2.75, 3.05) is 0 Å². The largest absolute Gasteiger partial charge is 0.219 e. The van der Waals surface area contributed by atoms with Crippen LogP contribution in [0.3, 0.4) is 0 Å². The normalized spacial score (nSPS) is 12.3. The molecule has 0 saturated carbocycles. The zero-order chi connectivity index (χ0) is 19.5. The number of sulfone groups is 2. The van der Waals surface area contributed by atoms with Crippen LogP contribution in [-0.2, 0) is 19.7 Å². The number of hydrogen-bond donors (Lipinski definition) is 0. The lowest BCUT2D eigenvalue weighted by atomic mass is 10.2. The topological polar surface area (TPSA) is 68.3 Å². The summed E-state index contributed by atoms with van der Waals surface area (Å²) >= 11 is 5.80. The van der Waals surface area contributed by atoms with Gasteiger partial charge < -0.3 is 0 Å². The SMILES string of the molecule is O=S(=O)(/C=C/c1ccccc1)c1cccc(S(=O)(=O)c2ccc(Cl)cc2)c1. The average molecular weight is 419 g/mol. The van der Waals surface area contributed by atoms with Gasteiger partial charge in [-0.05, 0) is 54.1 Å². The van der Waals surface area contributed by atoms with Gasteiger partial charge >= 0.3 is 0 Å². The van der Waals surface area contributed by atoms with E-state index in [1.54, 1.807) is 24.3 Å². The van der Waals surface area contributed by atoms with E-state index >= 15 is 0 Å². The first-order chi connectivity index (χ1) is 12.8. The Morgan fingerprint density at radius 2 is 1.30 bits per heavy atom. The summed E-state index contributed by atoms with van der Waals surface area (Å²) in [4.78, 5) is -0.148. The molecule has 27 heavy (non-hydrogen) atoms. The molecule has 0 aliphatic heterocycles. The summed E-state index contributed by atoms with van der Waals surface area (Å²) in [7, 11) is -7.65. The van der Waals surface area contributed by atoms with Gasteiger partial charge in [-0.15, -0.1) is 0 Å². The Kier molecular flexibility index (Phi) is 5.51. The van der Waals surface area contributed by atoms with Crippen molar-refractivity contribution in [1.29, 1.82) is 0 Å². The lowest BCUT2D eigenvalue weighted by molar-refractivity contribution is 0.595. The molecule has 0 radical (unpaired) electrons. The van der Waals surface area contributed by atoms with E-state index in [2.05, 4.69) is 0 Å². The van der Waals surface area contributed by atoms with Crippen molar-refractivity contribution in [3.63, 3.8) is 0 Å². The molecular weight excluding hydrogens is 404 g/mol. The van der Waals surface area contributed by atoms with E-state index in [1.165, 1.54) is 48.5 Å². The summed E-state index contributed by atoms with van der Waals surface area (Å²) in [5.74, 6) is 0. The van der Waals surface area contributed by atoms with Crippen LogP contribution < -0.4 is 0 Å². The van der Waals surface area contributed by atoms with Crippen molar-refractivity contribution >= 4 is 37.4 Å². The Labute approximate surface area is 163 Å². The molecule has 0 aromatic heterocycles. The van der Waals surface area contributed by atoms with Crippen molar-refractivity contribution in [2.45, 2.75) is 14.7 Å². The summed E-state index contributed by atoms with van der Waals surface area (Å²) < 4.78 is 50.6. The smallest absolute Gasteiger partial charge is 0.206 e. The van der Waals surface area contributed by atoms with Gasteiger partial charge in [0.15, 0.2) is 9.84 Å². The van der Waals surface area contributed by atoms with Crippen LogP contribution in [0.5, 0.6) is 0 Å². The predicted octanol–water partition coefficient (Wildman–Crippen LogP) is 4.62. The van der Waals surface area contributed by atoms with Gasteiger partial charge in [0.05, 0.1) is 14.7 Å². The Morgan fingerprint density at radius 1 is 0.667 bits per heavy atom. The van der Waals surface area contributed by atoms with Crippen LogP contribution in [-0.4, -0.2) is 16.8 Å². The van der Waals surface area contributed by atoms with E-state index in [-0.39, 0.29) is 14.7 Å². The Bertz CT molecular complexity index is 1180. The highest BCUT2D eigenvalue weighted by molar-refractivity contribution is 7.94. The van der Waals surface area contributed by atoms with Crippen molar-refractivity contribution < 1.29 is 16.8 Å². The van der Waals surface area contributed by atoms with Crippen LogP contribution in [0.2, 0.25) is 5.02 Å². The van der Waals surface area contributed by atoms with Gasteiger partial charge in [0.25, 0.3) is 0 Å². The molecule has 3 aromatic carbocycles. The first-order valence-corrected chi connectivity index (χ1v) is 11.3. The van der Waals surface area contributed by atoms with E-state index in [0.717, 1.165) is 17.0 Å². The van der Waals surface area contributed by atoms with Gasteiger partial charge in [0.1, 0.15) is 0 Å². The lowest BCUT2D eigenvalue weighted by Crippen LogP contribution is -2.04. The van der Waals surface area contributed by atoms with Crippen molar-refractivity contribution in [1.82, 2.24) is 0 Å². The summed E-state index contributed by atoms with van der Waals surface area (Å²) in [5.41, 5.74) is 0.728. The van der Waals surface area contributed by atoms with Crippen molar-refractivity contribution in [3.8, 4) is 0 Å². The van der Waals surface area contributed by atoms with E-state index < -0.39 is 19.7 Å².